The van der Waals surface area contributed by atoms with Crippen LogP contribution < -0.4 is 63.7 Å². The summed E-state index contributed by atoms with van der Waals surface area (Å²) >= 11 is -4.77. The second kappa shape index (κ2) is 22.5. The Labute approximate surface area is 459 Å². The molecule has 12 aromatic rings. The van der Waals surface area contributed by atoms with Gasteiger partial charge in [0.2, 0.25) is 0 Å². The molecule has 0 aliphatic carbocycles. The third kappa shape index (κ3) is 7.98. The van der Waals surface area contributed by atoms with E-state index in [2.05, 4.69) is 364 Å². The van der Waals surface area contributed by atoms with E-state index in [0.29, 0.717) is 0 Å². The molecule has 0 aliphatic heterocycles. The third-order valence-corrected chi connectivity index (χ3v) is 124. The molecule has 0 N–H and O–H groups in total. The number of hydrogen-bond acceptors (Lipinski definition) is 0. The quantitative estimate of drug-likeness (QED) is 0.0668. The number of hydrogen-bond donors (Lipinski definition) is 0. The van der Waals surface area contributed by atoms with Crippen LogP contribution in [0.1, 0.15) is 0 Å². The Kier molecular flexibility index (Phi) is 14.9. The van der Waals surface area contributed by atoms with Crippen LogP contribution in [0.15, 0.2) is 364 Å². The predicted molar refractivity (Wildman–Crippen MR) is 346 cm³/mol. The first-order chi connectivity index (χ1) is 38.3. The molecule has 0 fully saturated rings. The van der Waals surface area contributed by atoms with Crippen LogP contribution in [0, 0.1) is 0 Å². The van der Waals surface area contributed by atoms with Crippen LogP contribution in [0.25, 0.3) is 0 Å². The molecule has 0 amide bonds. The summed E-state index contributed by atoms with van der Waals surface area (Å²) in [5.74, 6) is 0. The Hall–Kier alpha value is -7.02. The standard InChI is InChI=1S/4C18H15P.Rh/c4*1-4-10-16(11-5-1)19(17-12-6-2-7-13-17)18-14-8-3-9-15-18;/h4*1-15H;/q;;;;-4/p+4. The SMILES string of the molecule is c1ccc([PH](c2ccccc2)(c2ccccc2)[Rh]([PH](c2ccccc2)(c2ccccc2)c2ccccc2)([PH](c2ccccc2)(c2ccccc2)c2ccccc2)[PH](c2ccccc2)(c2ccccc2)c2ccccc2)cc1. The Balaban J connectivity index is 1.64. The maximum atomic E-state index is 2.60. The zero-order valence-electron chi connectivity index (χ0n) is 43.0. The first-order valence-electron chi connectivity index (χ1n) is 26.6. The summed E-state index contributed by atoms with van der Waals surface area (Å²) in [6, 6.07) is 146. The molecule has 0 saturated heterocycles. The van der Waals surface area contributed by atoms with E-state index in [0.717, 1.165) is 0 Å². The van der Waals surface area contributed by atoms with Crippen molar-refractivity contribution in [2.24, 2.45) is 0 Å². The van der Waals surface area contributed by atoms with Gasteiger partial charge in [-0.25, -0.2) is 0 Å². The van der Waals surface area contributed by atoms with Gasteiger partial charge in [0.15, 0.2) is 0 Å². The van der Waals surface area contributed by atoms with Crippen LogP contribution in [0.2, 0.25) is 0 Å². The molecule has 0 nitrogen and oxygen atoms in total. The molecule has 5 heteroatoms. The summed E-state index contributed by atoms with van der Waals surface area (Å²) < 4.78 is 0. The number of benzene rings is 12. The molecule has 0 atom stereocenters. The van der Waals surface area contributed by atoms with Gasteiger partial charge in [0.05, 0.1) is 0 Å². The average molecular weight is 1160 g/mol. The summed E-state index contributed by atoms with van der Waals surface area (Å²) in [7, 11) is 0. The van der Waals surface area contributed by atoms with Crippen molar-refractivity contribution in [3.8, 4) is 0 Å². The van der Waals surface area contributed by atoms with Crippen molar-refractivity contribution in [3.05, 3.63) is 364 Å². The van der Waals surface area contributed by atoms with Crippen molar-refractivity contribution in [3.63, 3.8) is 0 Å². The normalized spacial score (nSPS) is 14.0. The Morgan fingerprint density at radius 1 is 0.117 bits per heavy atom. The van der Waals surface area contributed by atoms with E-state index in [1.807, 2.05) is 0 Å². The second-order valence-electron chi connectivity index (χ2n) is 19.4. The Morgan fingerprint density at radius 3 is 0.273 bits per heavy atom. The van der Waals surface area contributed by atoms with Crippen LogP contribution >= 0.6 is 22.4 Å². The fraction of sp³-hybridized carbons (Fsp3) is 0. The van der Waals surface area contributed by atoms with Gasteiger partial charge in [0, 0.05) is 0 Å². The molecule has 0 unspecified atom stereocenters. The van der Waals surface area contributed by atoms with E-state index in [-0.39, 0.29) is 0 Å². The first kappa shape index (κ1) is 50.8. The first-order valence-corrected chi connectivity index (χ1v) is 43.8. The van der Waals surface area contributed by atoms with Gasteiger partial charge in [-0.15, -0.1) is 0 Å². The number of rotatable bonds is 16. The zero-order chi connectivity index (χ0) is 51.9. The minimum absolute atomic E-state index is 1.46. The molecule has 77 heavy (non-hydrogen) atoms. The van der Waals surface area contributed by atoms with Gasteiger partial charge in [0.25, 0.3) is 0 Å². The van der Waals surface area contributed by atoms with Crippen LogP contribution in [0.3, 0.4) is 0 Å². The summed E-state index contributed by atoms with van der Waals surface area (Å²) in [6.45, 7) is 0. The van der Waals surface area contributed by atoms with Gasteiger partial charge in [-0.3, -0.25) is 0 Å². The fourth-order valence-corrected chi connectivity index (χ4v) is 184. The van der Waals surface area contributed by atoms with Crippen molar-refractivity contribution < 1.29 is 12.8 Å². The molecule has 0 radical (unpaired) electrons. The molecule has 0 spiro atoms. The van der Waals surface area contributed by atoms with Crippen LogP contribution in [0.4, 0.5) is 0 Å². The van der Waals surface area contributed by atoms with E-state index >= 15 is 0 Å². The Morgan fingerprint density at radius 2 is 0.195 bits per heavy atom. The molecular weight excluding hydrogens is 1090 g/mol. The van der Waals surface area contributed by atoms with Gasteiger partial charge in [-0.05, 0) is 0 Å². The van der Waals surface area contributed by atoms with Gasteiger partial charge in [-0.1, -0.05) is 0 Å². The second-order valence-corrected chi connectivity index (χ2v) is 72.2. The molecule has 12 aromatic carbocycles. The summed E-state index contributed by atoms with van der Waals surface area (Å²) in [4.78, 5) is 0. The van der Waals surface area contributed by atoms with Gasteiger partial charge in [0.1, 0.15) is 0 Å². The molecule has 0 bridgehead atoms. The summed E-state index contributed by atoms with van der Waals surface area (Å²) in [6.07, 6.45) is 0. The summed E-state index contributed by atoms with van der Waals surface area (Å²) in [5, 5.41) is 17.5. The van der Waals surface area contributed by atoms with E-state index in [9.17, 15) is 0 Å². The van der Waals surface area contributed by atoms with Crippen molar-refractivity contribution >= 4 is 86.0 Å². The minimum atomic E-state index is -4.77. The van der Waals surface area contributed by atoms with Gasteiger partial charge < -0.3 is 0 Å². The fourth-order valence-electron chi connectivity index (χ4n) is 12.8. The molecule has 12 rings (SSSR count). The van der Waals surface area contributed by atoms with Crippen LogP contribution in [-0.4, -0.2) is 0 Å². The van der Waals surface area contributed by atoms with Crippen molar-refractivity contribution in [2.75, 3.05) is 0 Å². The van der Waals surface area contributed by atoms with Crippen molar-refractivity contribution in [1.29, 1.82) is 0 Å². The molecule has 0 saturated carbocycles. The van der Waals surface area contributed by atoms with E-state index in [1.54, 1.807) is 0 Å². The maximum absolute atomic E-state index is 4.77. The van der Waals surface area contributed by atoms with E-state index in [1.165, 1.54) is 63.7 Å². The van der Waals surface area contributed by atoms with E-state index < -0.39 is 35.2 Å². The predicted octanol–water partition coefficient (Wildman–Crippen LogP) is 12.7. The van der Waals surface area contributed by atoms with Gasteiger partial charge in [-0.2, -0.15) is 0 Å². The third-order valence-electron chi connectivity index (χ3n) is 15.4. The van der Waals surface area contributed by atoms with Crippen molar-refractivity contribution in [2.45, 2.75) is 0 Å². The molecule has 0 aliphatic rings. The van der Waals surface area contributed by atoms with Crippen molar-refractivity contribution in [1.82, 2.24) is 0 Å². The monoisotopic (exact) mass is 1160 g/mol. The molecular formula is C72H64P4Rh. The topological polar surface area (TPSA) is 0 Å². The molecule has 0 aromatic heterocycles. The zero-order valence-corrected chi connectivity index (χ0v) is 48.6. The molecule has 381 valence electrons. The van der Waals surface area contributed by atoms with E-state index in [4.69, 9.17) is 0 Å². The van der Waals surface area contributed by atoms with Gasteiger partial charge >= 0.3 is 463 Å². The Bertz CT molecular complexity index is 2860. The summed E-state index contributed by atoms with van der Waals surface area (Å²) in [5.41, 5.74) is -15.6. The van der Waals surface area contributed by atoms with Crippen LogP contribution in [0.5, 0.6) is 0 Å². The average Bonchev–Trinajstić information content (AvgIpc) is 3.71. The molecule has 0 heterocycles. The van der Waals surface area contributed by atoms with Crippen LogP contribution in [-0.2, 0) is 12.8 Å².